The van der Waals surface area contributed by atoms with Crippen LogP contribution in [0.2, 0.25) is 0 Å². The molecule has 0 aliphatic heterocycles. The van der Waals surface area contributed by atoms with Gasteiger partial charge in [0, 0.05) is 28.7 Å². The predicted octanol–water partition coefficient (Wildman–Crippen LogP) is 3.20. The zero-order valence-electron chi connectivity index (χ0n) is 10.4. The van der Waals surface area contributed by atoms with Crippen LogP contribution in [0, 0.1) is 0 Å². The molecule has 2 aromatic heterocycles. The van der Waals surface area contributed by atoms with Gasteiger partial charge in [-0.05, 0) is 31.0 Å². The van der Waals surface area contributed by atoms with Crippen LogP contribution in [0.1, 0.15) is 12.8 Å². The fourth-order valence-corrected chi connectivity index (χ4v) is 2.27. The third-order valence-corrected chi connectivity index (χ3v) is 3.46. The number of para-hydroxylation sites is 1. The Morgan fingerprint density at radius 2 is 1.95 bits per heavy atom. The highest BCUT2D eigenvalue weighted by Crippen LogP contribution is 2.28. The van der Waals surface area contributed by atoms with Crippen molar-refractivity contribution in [3.05, 3.63) is 42.6 Å². The molecular weight excluding hydrogens is 236 g/mol. The van der Waals surface area contributed by atoms with E-state index in [0.717, 1.165) is 22.6 Å². The Bertz CT molecular complexity index is 710. The first-order valence-electron chi connectivity index (χ1n) is 6.57. The van der Waals surface area contributed by atoms with Crippen molar-refractivity contribution in [1.29, 1.82) is 0 Å². The van der Waals surface area contributed by atoms with Crippen LogP contribution in [0.25, 0.3) is 22.2 Å². The van der Waals surface area contributed by atoms with Crippen LogP contribution in [-0.4, -0.2) is 21.2 Å². The summed E-state index contributed by atoms with van der Waals surface area (Å²) in [6.45, 7) is 0. The van der Waals surface area contributed by atoms with Crippen molar-refractivity contribution in [1.82, 2.24) is 15.2 Å². The van der Waals surface area contributed by atoms with E-state index in [1.807, 2.05) is 30.5 Å². The van der Waals surface area contributed by atoms with E-state index in [9.17, 15) is 0 Å². The Labute approximate surface area is 110 Å². The lowest BCUT2D eigenvalue weighted by Crippen LogP contribution is -2.03. The number of benzene rings is 1. The summed E-state index contributed by atoms with van der Waals surface area (Å²) in [6, 6.07) is 12.9. The number of nitrogens with one attached hydrogen (secondary N) is 2. The summed E-state index contributed by atoms with van der Waals surface area (Å²) in [5.41, 5.74) is 3.12. The Morgan fingerprint density at radius 3 is 2.74 bits per heavy atom. The molecule has 4 rings (SSSR count). The van der Waals surface area contributed by atoms with Crippen LogP contribution >= 0.6 is 0 Å². The van der Waals surface area contributed by atoms with Crippen LogP contribution < -0.4 is 5.32 Å². The van der Waals surface area contributed by atoms with Crippen molar-refractivity contribution in [2.24, 2.45) is 0 Å². The molecular formula is C15H14N4. The van der Waals surface area contributed by atoms with Crippen molar-refractivity contribution in [2.75, 3.05) is 5.32 Å². The number of fused-ring (bicyclic) bond motifs is 1. The zero-order valence-corrected chi connectivity index (χ0v) is 10.4. The molecule has 0 saturated heterocycles. The molecule has 2 N–H and O–H groups in total. The van der Waals surface area contributed by atoms with Gasteiger partial charge in [0.15, 0.2) is 0 Å². The van der Waals surface area contributed by atoms with Gasteiger partial charge in [0.2, 0.25) is 0 Å². The molecule has 94 valence electrons. The Balaban J connectivity index is 1.70. The Kier molecular flexibility index (Phi) is 2.27. The van der Waals surface area contributed by atoms with Gasteiger partial charge in [-0.1, -0.05) is 18.2 Å². The van der Waals surface area contributed by atoms with Crippen molar-refractivity contribution in [3.63, 3.8) is 0 Å². The molecule has 1 aliphatic carbocycles. The minimum atomic E-state index is 0.605. The molecule has 1 aromatic carbocycles. The number of aromatic amines is 1. The molecule has 0 atom stereocenters. The van der Waals surface area contributed by atoms with Crippen LogP contribution in [0.3, 0.4) is 0 Å². The lowest BCUT2D eigenvalue weighted by molar-refractivity contribution is 1.00. The SMILES string of the molecule is c1ccc2c(-c3ccc(NC4CC4)nn3)c[nH]c2c1. The van der Waals surface area contributed by atoms with E-state index in [1.165, 1.54) is 18.2 Å². The lowest BCUT2D eigenvalue weighted by Gasteiger charge is -2.03. The summed E-state index contributed by atoms with van der Waals surface area (Å²) in [5, 5.41) is 13.1. The van der Waals surface area contributed by atoms with Gasteiger partial charge < -0.3 is 10.3 Å². The number of H-pyrrole nitrogens is 1. The lowest BCUT2D eigenvalue weighted by atomic mass is 10.1. The second kappa shape index (κ2) is 4.09. The highest BCUT2D eigenvalue weighted by molar-refractivity contribution is 5.94. The Morgan fingerprint density at radius 1 is 1.05 bits per heavy atom. The maximum atomic E-state index is 4.32. The molecule has 0 spiro atoms. The maximum Gasteiger partial charge on any atom is 0.148 e. The van der Waals surface area contributed by atoms with Crippen molar-refractivity contribution < 1.29 is 0 Å². The fraction of sp³-hybridized carbons (Fsp3) is 0.200. The first kappa shape index (κ1) is 10.6. The first-order valence-corrected chi connectivity index (χ1v) is 6.57. The minimum Gasteiger partial charge on any atom is -0.366 e. The molecule has 0 bridgehead atoms. The monoisotopic (exact) mass is 250 g/mol. The van der Waals surface area contributed by atoms with E-state index in [1.54, 1.807) is 0 Å². The minimum absolute atomic E-state index is 0.605. The second-order valence-corrected chi connectivity index (χ2v) is 4.97. The summed E-state index contributed by atoms with van der Waals surface area (Å²) < 4.78 is 0. The van der Waals surface area contributed by atoms with Gasteiger partial charge in [-0.25, -0.2) is 0 Å². The number of rotatable bonds is 3. The van der Waals surface area contributed by atoms with E-state index in [-0.39, 0.29) is 0 Å². The van der Waals surface area contributed by atoms with Crippen molar-refractivity contribution >= 4 is 16.7 Å². The third-order valence-electron chi connectivity index (χ3n) is 3.46. The molecule has 19 heavy (non-hydrogen) atoms. The molecule has 4 heteroatoms. The van der Waals surface area contributed by atoms with Crippen LogP contribution in [0.4, 0.5) is 5.82 Å². The highest BCUT2D eigenvalue weighted by Gasteiger charge is 2.21. The molecule has 0 unspecified atom stereocenters. The summed E-state index contributed by atoms with van der Waals surface area (Å²) in [4.78, 5) is 3.26. The standard InChI is InChI=1S/C15H14N4/c1-2-4-13-11(3-1)12(9-16-13)14-7-8-15(19-18-14)17-10-5-6-10/h1-4,7-10,16H,5-6H2,(H,17,19). The number of hydrogen-bond donors (Lipinski definition) is 2. The van der Waals surface area contributed by atoms with E-state index < -0.39 is 0 Å². The van der Waals surface area contributed by atoms with Crippen molar-refractivity contribution in [2.45, 2.75) is 18.9 Å². The van der Waals surface area contributed by atoms with E-state index in [2.05, 4.69) is 32.6 Å². The van der Waals surface area contributed by atoms with Gasteiger partial charge in [-0.2, -0.15) is 0 Å². The third kappa shape index (κ3) is 1.95. The topological polar surface area (TPSA) is 53.6 Å². The van der Waals surface area contributed by atoms with Gasteiger partial charge >= 0.3 is 0 Å². The molecule has 4 nitrogen and oxygen atoms in total. The Hall–Kier alpha value is -2.36. The number of anilines is 1. The number of nitrogens with zero attached hydrogens (tertiary/aromatic N) is 2. The second-order valence-electron chi connectivity index (χ2n) is 4.97. The summed E-state index contributed by atoms with van der Waals surface area (Å²) in [5.74, 6) is 0.867. The zero-order chi connectivity index (χ0) is 12.7. The summed E-state index contributed by atoms with van der Waals surface area (Å²) in [7, 11) is 0. The molecule has 2 heterocycles. The largest absolute Gasteiger partial charge is 0.366 e. The molecule has 1 saturated carbocycles. The number of hydrogen-bond acceptors (Lipinski definition) is 3. The smallest absolute Gasteiger partial charge is 0.148 e. The van der Waals surface area contributed by atoms with Crippen LogP contribution in [0.5, 0.6) is 0 Å². The van der Waals surface area contributed by atoms with Gasteiger partial charge in [-0.3, -0.25) is 0 Å². The predicted molar refractivity (Wildman–Crippen MR) is 76.0 cm³/mol. The normalized spacial score (nSPS) is 14.7. The molecule has 0 amide bonds. The van der Waals surface area contributed by atoms with Gasteiger partial charge in [0.1, 0.15) is 5.82 Å². The quantitative estimate of drug-likeness (QED) is 0.750. The maximum absolute atomic E-state index is 4.32. The van der Waals surface area contributed by atoms with Gasteiger partial charge in [-0.15, -0.1) is 10.2 Å². The molecule has 1 aliphatic rings. The van der Waals surface area contributed by atoms with E-state index in [0.29, 0.717) is 6.04 Å². The molecule has 1 fully saturated rings. The average Bonchev–Trinajstić information content (AvgIpc) is 3.16. The van der Waals surface area contributed by atoms with E-state index in [4.69, 9.17) is 0 Å². The summed E-state index contributed by atoms with van der Waals surface area (Å²) in [6.07, 6.45) is 4.47. The van der Waals surface area contributed by atoms with Crippen LogP contribution in [0.15, 0.2) is 42.6 Å². The van der Waals surface area contributed by atoms with Crippen molar-refractivity contribution in [3.8, 4) is 11.3 Å². The van der Waals surface area contributed by atoms with E-state index >= 15 is 0 Å². The fourth-order valence-electron chi connectivity index (χ4n) is 2.27. The van der Waals surface area contributed by atoms with Gasteiger partial charge in [0.05, 0.1) is 5.69 Å². The van der Waals surface area contributed by atoms with Gasteiger partial charge in [0.25, 0.3) is 0 Å². The molecule has 0 radical (unpaired) electrons. The summed E-state index contributed by atoms with van der Waals surface area (Å²) >= 11 is 0. The first-order chi connectivity index (χ1) is 9.40. The highest BCUT2D eigenvalue weighted by atomic mass is 15.2. The van der Waals surface area contributed by atoms with Crippen LogP contribution in [-0.2, 0) is 0 Å². The average molecular weight is 250 g/mol. The number of aromatic nitrogens is 3. The molecule has 3 aromatic rings.